The molecule has 2 aromatic carbocycles. The summed E-state index contributed by atoms with van der Waals surface area (Å²) in [5.74, 6) is 0. The van der Waals surface area contributed by atoms with Gasteiger partial charge in [-0.1, -0.05) is 29.8 Å². The SMILES string of the molecule is Cc1ccc(C(CNS(=O)(=O)c2ccc([N+](=O)[O-])cc2)OCCO)cc1. The summed E-state index contributed by atoms with van der Waals surface area (Å²) in [6.07, 6.45) is -0.574. The Morgan fingerprint density at radius 2 is 1.77 bits per heavy atom. The van der Waals surface area contributed by atoms with Gasteiger partial charge in [-0.25, -0.2) is 13.1 Å². The van der Waals surface area contributed by atoms with Gasteiger partial charge < -0.3 is 9.84 Å². The Balaban J connectivity index is 2.12. The Morgan fingerprint density at radius 1 is 1.15 bits per heavy atom. The van der Waals surface area contributed by atoms with Crippen LogP contribution in [0, 0.1) is 17.0 Å². The predicted octanol–water partition coefficient (Wildman–Crippen LogP) is 1.93. The van der Waals surface area contributed by atoms with E-state index in [9.17, 15) is 18.5 Å². The number of sulfonamides is 1. The Hall–Kier alpha value is -2.33. The largest absolute Gasteiger partial charge is 0.394 e. The molecule has 140 valence electrons. The lowest BCUT2D eigenvalue weighted by molar-refractivity contribution is -0.384. The van der Waals surface area contributed by atoms with Gasteiger partial charge in [-0.05, 0) is 24.6 Å². The van der Waals surface area contributed by atoms with Crippen LogP contribution in [0.3, 0.4) is 0 Å². The molecule has 0 aromatic heterocycles. The molecule has 2 rings (SSSR count). The van der Waals surface area contributed by atoms with Crippen LogP contribution >= 0.6 is 0 Å². The Labute approximate surface area is 151 Å². The lowest BCUT2D eigenvalue weighted by atomic mass is 10.1. The van der Waals surface area contributed by atoms with Gasteiger partial charge in [-0.15, -0.1) is 0 Å². The van der Waals surface area contributed by atoms with E-state index in [0.29, 0.717) is 0 Å². The molecule has 2 aromatic rings. The van der Waals surface area contributed by atoms with Gasteiger partial charge in [-0.2, -0.15) is 0 Å². The molecular weight excluding hydrogens is 360 g/mol. The summed E-state index contributed by atoms with van der Waals surface area (Å²) >= 11 is 0. The summed E-state index contributed by atoms with van der Waals surface area (Å²) in [6.45, 7) is 1.78. The summed E-state index contributed by atoms with van der Waals surface area (Å²) in [7, 11) is -3.85. The number of hydrogen-bond donors (Lipinski definition) is 2. The van der Waals surface area contributed by atoms with Crippen LogP contribution in [0.15, 0.2) is 53.4 Å². The Morgan fingerprint density at radius 3 is 2.31 bits per heavy atom. The Bertz CT molecular complexity index is 835. The van der Waals surface area contributed by atoms with Gasteiger partial charge in [-0.3, -0.25) is 10.1 Å². The van der Waals surface area contributed by atoms with Crippen molar-refractivity contribution in [2.75, 3.05) is 19.8 Å². The van der Waals surface area contributed by atoms with E-state index >= 15 is 0 Å². The number of hydrogen-bond acceptors (Lipinski definition) is 6. The van der Waals surface area contributed by atoms with Crippen LogP contribution in [0.1, 0.15) is 17.2 Å². The van der Waals surface area contributed by atoms with E-state index in [2.05, 4.69) is 4.72 Å². The zero-order chi connectivity index (χ0) is 19.2. The van der Waals surface area contributed by atoms with Crippen LogP contribution in [0.2, 0.25) is 0 Å². The van der Waals surface area contributed by atoms with Crippen molar-refractivity contribution in [2.45, 2.75) is 17.9 Å². The second-order valence-electron chi connectivity index (χ2n) is 5.60. The van der Waals surface area contributed by atoms with Gasteiger partial charge in [0, 0.05) is 18.7 Å². The van der Waals surface area contributed by atoms with E-state index in [0.717, 1.165) is 23.3 Å². The number of nitrogens with one attached hydrogen (secondary N) is 1. The van der Waals surface area contributed by atoms with E-state index in [4.69, 9.17) is 9.84 Å². The first kappa shape index (κ1) is 20.0. The fourth-order valence-electron chi connectivity index (χ4n) is 2.26. The van der Waals surface area contributed by atoms with Gasteiger partial charge in [0.25, 0.3) is 5.69 Å². The minimum Gasteiger partial charge on any atom is -0.394 e. The summed E-state index contributed by atoms with van der Waals surface area (Å²) in [5.41, 5.74) is 1.64. The molecule has 0 heterocycles. The molecule has 1 atom stereocenters. The summed E-state index contributed by atoms with van der Waals surface area (Å²) in [4.78, 5) is 9.99. The number of benzene rings is 2. The number of nitro benzene ring substituents is 1. The number of aryl methyl sites for hydroxylation is 1. The van der Waals surface area contributed by atoms with E-state index in [1.165, 1.54) is 12.1 Å². The van der Waals surface area contributed by atoms with Crippen molar-refractivity contribution in [3.05, 3.63) is 69.8 Å². The van der Waals surface area contributed by atoms with Gasteiger partial charge in [0.2, 0.25) is 10.0 Å². The highest BCUT2D eigenvalue weighted by Crippen LogP contribution is 2.20. The molecule has 0 bridgehead atoms. The van der Waals surface area contributed by atoms with Crippen molar-refractivity contribution in [3.8, 4) is 0 Å². The zero-order valence-electron chi connectivity index (χ0n) is 14.2. The first-order valence-corrected chi connectivity index (χ1v) is 9.35. The lowest BCUT2D eigenvalue weighted by Gasteiger charge is -2.19. The van der Waals surface area contributed by atoms with Crippen molar-refractivity contribution in [3.63, 3.8) is 0 Å². The number of rotatable bonds is 9. The molecule has 8 nitrogen and oxygen atoms in total. The summed E-state index contributed by atoms with van der Waals surface area (Å²) < 4.78 is 32.8. The average Bonchev–Trinajstić information content (AvgIpc) is 2.63. The van der Waals surface area contributed by atoms with Crippen LogP contribution in [-0.2, 0) is 14.8 Å². The molecule has 0 saturated carbocycles. The number of nitro groups is 1. The first-order chi connectivity index (χ1) is 12.3. The molecule has 0 fully saturated rings. The monoisotopic (exact) mass is 380 g/mol. The fourth-order valence-corrected chi connectivity index (χ4v) is 3.30. The second-order valence-corrected chi connectivity index (χ2v) is 7.36. The molecule has 9 heteroatoms. The molecule has 1 unspecified atom stereocenters. The molecule has 0 saturated heterocycles. The molecule has 2 N–H and O–H groups in total. The van der Waals surface area contributed by atoms with Crippen LogP contribution in [0.4, 0.5) is 5.69 Å². The quantitative estimate of drug-likeness (QED) is 0.507. The van der Waals surface area contributed by atoms with Crippen LogP contribution in [0.5, 0.6) is 0 Å². The third-order valence-electron chi connectivity index (χ3n) is 3.68. The lowest BCUT2D eigenvalue weighted by Crippen LogP contribution is -2.30. The number of nitrogens with zero attached hydrogens (tertiary/aromatic N) is 1. The van der Waals surface area contributed by atoms with Crippen molar-refractivity contribution in [1.29, 1.82) is 0 Å². The number of aliphatic hydroxyl groups excluding tert-OH is 1. The second kappa shape index (κ2) is 8.86. The highest BCUT2D eigenvalue weighted by atomic mass is 32.2. The highest BCUT2D eigenvalue weighted by Gasteiger charge is 2.19. The smallest absolute Gasteiger partial charge is 0.269 e. The standard InChI is InChI=1S/C17H20N2O6S/c1-13-2-4-14(5-3-13)17(25-11-10-20)12-18-26(23,24)16-8-6-15(7-9-16)19(21)22/h2-9,17-18,20H,10-12H2,1H3. The van der Waals surface area contributed by atoms with Crippen LogP contribution in [-0.4, -0.2) is 38.2 Å². The van der Waals surface area contributed by atoms with Gasteiger partial charge >= 0.3 is 0 Å². The maximum atomic E-state index is 12.4. The molecular formula is C17H20N2O6S. The summed E-state index contributed by atoms with van der Waals surface area (Å²) in [5, 5.41) is 19.6. The molecule has 0 aliphatic carbocycles. The van der Waals surface area contributed by atoms with E-state index < -0.39 is 21.1 Å². The van der Waals surface area contributed by atoms with Crippen molar-refractivity contribution < 1.29 is 23.2 Å². The highest BCUT2D eigenvalue weighted by molar-refractivity contribution is 7.89. The molecule has 0 spiro atoms. The number of non-ortho nitro benzene ring substituents is 1. The van der Waals surface area contributed by atoms with E-state index in [-0.39, 0.29) is 30.3 Å². The first-order valence-electron chi connectivity index (χ1n) is 7.86. The Kier molecular flexibility index (Phi) is 6.81. The maximum Gasteiger partial charge on any atom is 0.269 e. The van der Waals surface area contributed by atoms with E-state index in [1.807, 2.05) is 31.2 Å². The average molecular weight is 380 g/mol. The van der Waals surface area contributed by atoms with Gasteiger partial charge in [0.05, 0.1) is 29.1 Å². The number of ether oxygens (including phenoxy) is 1. The number of aliphatic hydroxyl groups is 1. The predicted molar refractivity (Wildman–Crippen MR) is 95.2 cm³/mol. The van der Waals surface area contributed by atoms with Crippen LogP contribution < -0.4 is 4.72 Å². The fraction of sp³-hybridized carbons (Fsp3) is 0.294. The van der Waals surface area contributed by atoms with Crippen LogP contribution in [0.25, 0.3) is 0 Å². The zero-order valence-corrected chi connectivity index (χ0v) is 15.0. The van der Waals surface area contributed by atoms with Gasteiger partial charge in [0.15, 0.2) is 0 Å². The third kappa shape index (κ3) is 5.33. The maximum absolute atomic E-state index is 12.4. The van der Waals surface area contributed by atoms with Crippen molar-refractivity contribution >= 4 is 15.7 Å². The normalized spacial score (nSPS) is 12.7. The summed E-state index contributed by atoms with van der Waals surface area (Å²) in [6, 6.07) is 12.1. The molecule has 0 amide bonds. The minimum absolute atomic E-state index is 0.0393. The molecule has 0 aliphatic heterocycles. The van der Waals surface area contributed by atoms with Crippen molar-refractivity contribution in [1.82, 2.24) is 4.72 Å². The molecule has 26 heavy (non-hydrogen) atoms. The molecule has 0 aliphatic rings. The molecule has 0 radical (unpaired) electrons. The third-order valence-corrected chi connectivity index (χ3v) is 5.12. The topological polar surface area (TPSA) is 119 Å². The minimum atomic E-state index is -3.85. The van der Waals surface area contributed by atoms with Gasteiger partial charge in [0.1, 0.15) is 0 Å². The van der Waals surface area contributed by atoms with E-state index in [1.54, 1.807) is 0 Å². The van der Waals surface area contributed by atoms with Crippen molar-refractivity contribution in [2.24, 2.45) is 0 Å².